The van der Waals surface area contributed by atoms with Crippen LogP contribution < -0.4 is 5.32 Å². The van der Waals surface area contributed by atoms with Crippen LogP contribution in [0.4, 0.5) is 9.18 Å². The van der Waals surface area contributed by atoms with Gasteiger partial charge in [0.1, 0.15) is 5.82 Å². The summed E-state index contributed by atoms with van der Waals surface area (Å²) in [5.74, 6) is -0.344. The molecule has 1 unspecified atom stereocenters. The Labute approximate surface area is 141 Å². The maximum Gasteiger partial charge on any atom is 0.318 e. The molecule has 0 aliphatic carbocycles. The summed E-state index contributed by atoms with van der Waals surface area (Å²) >= 11 is 0. The van der Waals surface area contributed by atoms with E-state index in [1.54, 1.807) is 17.0 Å². The molecule has 0 radical (unpaired) electrons. The number of halogens is 1. The molecule has 0 saturated heterocycles. The third-order valence-corrected chi connectivity index (χ3v) is 3.73. The SMILES string of the molecule is CCCN(CCO)C(=O)NC(c1ccccc1)c1cccc(F)c1. The van der Waals surface area contributed by atoms with E-state index in [2.05, 4.69) is 5.32 Å². The number of nitrogens with zero attached hydrogens (tertiary/aromatic N) is 1. The van der Waals surface area contributed by atoms with Crippen LogP contribution >= 0.6 is 0 Å². The molecule has 0 aromatic heterocycles. The zero-order valence-electron chi connectivity index (χ0n) is 13.8. The number of carbonyl (C=O) groups excluding carboxylic acids is 1. The Morgan fingerprint density at radius 3 is 2.46 bits per heavy atom. The van der Waals surface area contributed by atoms with Gasteiger partial charge in [-0.15, -0.1) is 0 Å². The first kappa shape index (κ1) is 17.9. The molecule has 128 valence electrons. The highest BCUT2D eigenvalue weighted by Crippen LogP contribution is 2.23. The molecule has 0 heterocycles. The number of aliphatic hydroxyl groups is 1. The topological polar surface area (TPSA) is 52.6 Å². The molecule has 2 aromatic rings. The lowest BCUT2D eigenvalue weighted by molar-refractivity contribution is 0.175. The van der Waals surface area contributed by atoms with Crippen molar-refractivity contribution < 1.29 is 14.3 Å². The van der Waals surface area contributed by atoms with Gasteiger partial charge in [-0.25, -0.2) is 9.18 Å². The molecule has 2 N–H and O–H groups in total. The lowest BCUT2D eigenvalue weighted by Crippen LogP contribution is -2.43. The van der Waals surface area contributed by atoms with E-state index < -0.39 is 6.04 Å². The molecule has 5 heteroatoms. The molecule has 24 heavy (non-hydrogen) atoms. The highest BCUT2D eigenvalue weighted by Gasteiger charge is 2.20. The number of benzene rings is 2. The average Bonchev–Trinajstić information content (AvgIpc) is 2.60. The Bertz CT molecular complexity index is 643. The molecule has 4 nitrogen and oxygen atoms in total. The number of rotatable bonds is 7. The van der Waals surface area contributed by atoms with Crippen molar-refractivity contribution in [1.29, 1.82) is 0 Å². The summed E-state index contributed by atoms with van der Waals surface area (Å²) in [7, 11) is 0. The fourth-order valence-electron chi connectivity index (χ4n) is 2.61. The molecule has 0 bridgehead atoms. The van der Waals surface area contributed by atoms with Gasteiger partial charge in [-0.3, -0.25) is 0 Å². The molecule has 2 aromatic carbocycles. The van der Waals surface area contributed by atoms with Gasteiger partial charge in [0.2, 0.25) is 0 Å². The quantitative estimate of drug-likeness (QED) is 0.818. The molecular formula is C19H23FN2O2. The smallest absolute Gasteiger partial charge is 0.318 e. The zero-order valence-corrected chi connectivity index (χ0v) is 13.8. The molecule has 0 fully saturated rings. The van der Waals surface area contributed by atoms with Crippen LogP contribution in [-0.4, -0.2) is 35.7 Å². The molecule has 0 aliphatic heterocycles. The third-order valence-electron chi connectivity index (χ3n) is 3.73. The van der Waals surface area contributed by atoms with Gasteiger partial charge >= 0.3 is 6.03 Å². The summed E-state index contributed by atoms with van der Waals surface area (Å²) in [6.07, 6.45) is 0.795. The van der Waals surface area contributed by atoms with Crippen LogP contribution in [0.3, 0.4) is 0 Å². The van der Waals surface area contributed by atoms with Gasteiger partial charge in [0.15, 0.2) is 0 Å². The molecule has 0 saturated carbocycles. The summed E-state index contributed by atoms with van der Waals surface area (Å²) in [6.45, 7) is 2.70. The van der Waals surface area contributed by atoms with Gasteiger partial charge in [0.05, 0.1) is 12.6 Å². The van der Waals surface area contributed by atoms with Gasteiger partial charge < -0.3 is 15.3 Å². The highest BCUT2D eigenvalue weighted by atomic mass is 19.1. The number of nitrogens with one attached hydrogen (secondary N) is 1. The first-order valence-corrected chi connectivity index (χ1v) is 8.12. The van der Waals surface area contributed by atoms with E-state index in [4.69, 9.17) is 5.11 Å². The largest absolute Gasteiger partial charge is 0.395 e. The minimum atomic E-state index is -0.451. The van der Waals surface area contributed by atoms with Crippen molar-refractivity contribution in [3.8, 4) is 0 Å². The van der Waals surface area contributed by atoms with Crippen molar-refractivity contribution in [1.82, 2.24) is 10.2 Å². The maximum absolute atomic E-state index is 13.6. The normalized spacial score (nSPS) is 11.8. The van der Waals surface area contributed by atoms with E-state index in [0.29, 0.717) is 12.1 Å². The van der Waals surface area contributed by atoms with E-state index >= 15 is 0 Å². The summed E-state index contributed by atoms with van der Waals surface area (Å²) in [6, 6.07) is 14.9. The lowest BCUT2D eigenvalue weighted by Gasteiger charge is -2.26. The number of aliphatic hydroxyl groups excluding tert-OH is 1. The Morgan fingerprint density at radius 1 is 1.12 bits per heavy atom. The summed E-state index contributed by atoms with van der Waals surface area (Å²) in [4.78, 5) is 14.1. The zero-order chi connectivity index (χ0) is 17.4. The monoisotopic (exact) mass is 330 g/mol. The van der Waals surface area contributed by atoms with E-state index in [-0.39, 0.29) is 25.0 Å². The van der Waals surface area contributed by atoms with Gasteiger partial charge in [-0.2, -0.15) is 0 Å². The van der Waals surface area contributed by atoms with Gasteiger partial charge in [-0.1, -0.05) is 49.4 Å². The van der Waals surface area contributed by atoms with E-state index in [9.17, 15) is 9.18 Å². The van der Waals surface area contributed by atoms with Crippen molar-refractivity contribution in [3.63, 3.8) is 0 Å². The Kier molecular flexibility index (Phi) is 6.75. The Morgan fingerprint density at radius 2 is 1.83 bits per heavy atom. The molecule has 0 spiro atoms. The minimum Gasteiger partial charge on any atom is -0.395 e. The van der Waals surface area contributed by atoms with Crippen LogP contribution in [0.2, 0.25) is 0 Å². The average molecular weight is 330 g/mol. The molecular weight excluding hydrogens is 307 g/mol. The summed E-state index contributed by atoms with van der Waals surface area (Å²) in [5, 5.41) is 12.1. The summed E-state index contributed by atoms with van der Waals surface area (Å²) < 4.78 is 13.6. The van der Waals surface area contributed by atoms with E-state index in [1.165, 1.54) is 12.1 Å². The second-order valence-electron chi connectivity index (χ2n) is 5.56. The van der Waals surface area contributed by atoms with Crippen molar-refractivity contribution >= 4 is 6.03 Å². The van der Waals surface area contributed by atoms with Crippen LogP contribution in [0.15, 0.2) is 54.6 Å². The minimum absolute atomic E-state index is 0.0939. The van der Waals surface area contributed by atoms with Gasteiger partial charge in [0.25, 0.3) is 0 Å². The number of urea groups is 1. The van der Waals surface area contributed by atoms with E-state index in [0.717, 1.165) is 12.0 Å². The maximum atomic E-state index is 13.6. The molecule has 2 rings (SSSR count). The fraction of sp³-hybridized carbons (Fsp3) is 0.316. The van der Waals surface area contributed by atoms with Crippen molar-refractivity contribution in [2.75, 3.05) is 19.7 Å². The van der Waals surface area contributed by atoms with Crippen LogP contribution in [0.5, 0.6) is 0 Å². The first-order valence-electron chi connectivity index (χ1n) is 8.12. The van der Waals surface area contributed by atoms with Crippen LogP contribution in [0.1, 0.15) is 30.5 Å². The highest BCUT2D eigenvalue weighted by molar-refractivity contribution is 5.75. The van der Waals surface area contributed by atoms with Crippen LogP contribution in [0, 0.1) is 5.82 Å². The number of hydrogen-bond donors (Lipinski definition) is 2. The Hall–Kier alpha value is -2.40. The van der Waals surface area contributed by atoms with Crippen LogP contribution in [0.25, 0.3) is 0 Å². The van der Waals surface area contributed by atoms with Gasteiger partial charge in [-0.05, 0) is 29.7 Å². The van der Waals surface area contributed by atoms with Gasteiger partial charge in [0, 0.05) is 13.1 Å². The van der Waals surface area contributed by atoms with E-state index in [1.807, 2.05) is 37.3 Å². The second-order valence-corrected chi connectivity index (χ2v) is 5.56. The molecule has 2 amide bonds. The summed E-state index contributed by atoms with van der Waals surface area (Å²) in [5.41, 5.74) is 1.55. The molecule has 0 aliphatic rings. The number of carbonyl (C=O) groups is 1. The van der Waals surface area contributed by atoms with Crippen molar-refractivity contribution in [2.24, 2.45) is 0 Å². The second kappa shape index (κ2) is 9.03. The standard InChI is InChI=1S/C19H23FN2O2/c1-2-11-22(12-13-23)19(24)21-18(15-7-4-3-5-8-15)16-9-6-10-17(20)14-16/h3-10,14,18,23H,2,11-13H2,1H3,(H,21,24). The predicted octanol–water partition coefficient (Wildman–Crippen LogP) is 3.33. The third kappa shape index (κ3) is 4.80. The van der Waals surface area contributed by atoms with Crippen molar-refractivity contribution in [2.45, 2.75) is 19.4 Å². The number of hydrogen-bond acceptors (Lipinski definition) is 2. The van der Waals surface area contributed by atoms with Crippen molar-refractivity contribution in [3.05, 3.63) is 71.5 Å². The van der Waals surface area contributed by atoms with Crippen LogP contribution in [-0.2, 0) is 0 Å². The fourth-order valence-corrected chi connectivity index (χ4v) is 2.61. The number of amides is 2. The lowest BCUT2D eigenvalue weighted by atomic mass is 9.99. The Balaban J connectivity index is 2.28. The predicted molar refractivity (Wildman–Crippen MR) is 92.2 cm³/mol. The molecule has 1 atom stereocenters. The first-order chi connectivity index (χ1) is 11.7.